The van der Waals surface area contributed by atoms with Gasteiger partial charge in [-0.15, -0.1) is 0 Å². The average molecular weight is 201 g/mol. The van der Waals surface area contributed by atoms with Crippen LogP contribution in [0.5, 0.6) is 0 Å². The van der Waals surface area contributed by atoms with Crippen molar-refractivity contribution in [3.8, 4) is 0 Å². The van der Waals surface area contributed by atoms with Gasteiger partial charge in [0.05, 0.1) is 5.92 Å². The first kappa shape index (κ1) is 11.0. The van der Waals surface area contributed by atoms with Crippen LogP contribution in [0.25, 0.3) is 0 Å². The lowest BCUT2D eigenvalue weighted by Crippen LogP contribution is -2.33. The molecule has 1 fully saturated rings. The Kier molecular flexibility index (Phi) is 3.88. The van der Waals surface area contributed by atoms with Crippen LogP contribution in [0.4, 0.5) is 0 Å². The predicted octanol–water partition coefficient (Wildman–Crippen LogP) is 0.396. The number of hydrogen-bond donors (Lipinski definition) is 1. The van der Waals surface area contributed by atoms with Gasteiger partial charge in [-0.1, -0.05) is 13.8 Å². The third-order valence-electron chi connectivity index (χ3n) is 2.02. The molecule has 0 spiro atoms. The topological polar surface area (TPSA) is 64.6 Å². The molecular weight excluding hydrogens is 186 g/mol. The van der Waals surface area contributed by atoms with E-state index in [4.69, 9.17) is 0 Å². The van der Waals surface area contributed by atoms with Gasteiger partial charge >= 0.3 is 11.9 Å². The summed E-state index contributed by atoms with van der Waals surface area (Å²) in [4.78, 5) is 30.9. The fourth-order valence-corrected chi connectivity index (χ4v) is 1.12. The molecule has 1 unspecified atom stereocenters. The van der Waals surface area contributed by atoms with Crippen molar-refractivity contribution < 1.29 is 19.4 Å². The number of rotatable bonds is 2. The lowest BCUT2D eigenvalue weighted by Gasteiger charge is -2.08. The van der Waals surface area contributed by atoms with Gasteiger partial charge in [0, 0.05) is 0 Å². The zero-order chi connectivity index (χ0) is 10.6. The summed E-state index contributed by atoms with van der Waals surface area (Å²) in [6.45, 7) is 4.14. The molecule has 1 atom stereocenters. The van der Waals surface area contributed by atoms with Crippen molar-refractivity contribution in [1.29, 1.82) is 0 Å². The van der Waals surface area contributed by atoms with Crippen molar-refractivity contribution in [1.82, 2.24) is 5.32 Å². The molecule has 1 heterocycles. The maximum atomic E-state index is 11.2. The fraction of sp³-hybridized carbons (Fsp3) is 0.778. The summed E-state index contributed by atoms with van der Waals surface area (Å²) in [7, 11) is 0. The number of carbonyl (C=O) groups excluding carboxylic acids is 2. The molecule has 5 nitrogen and oxygen atoms in total. The highest BCUT2D eigenvalue weighted by Gasteiger charge is 2.25. The minimum atomic E-state index is -0.531. The van der Waals surface area contributed by atoms with Crippen LogP contribution >= 0.6 is 0 Å². The van der Waals surface area contributed by atoms with Crippen LogP contribution in [0.15, 0.2) is 0 Å². The van der Waals surface area contributed by atoms with E-state index in [1.807, 2.05) is 0 Å². The first-order valence-corrected chi connectivity index (χ1v) is 4.77. The second-order valence-corrected chi connectivity index (χ2v) is 3.61. The molecule has 1 N–H and O–H groups in total. The minimum Gasteiger partial charge on any atom is -0.304 e. The Balaban J connectivity index is 2.23. The molecule has 80 valence electrons. The lowest BCUT2D eigenvalue weighted by atomic mass is 10.2. The Morgan fingerprint density at radius 2 is 2.07 bits per heavy atom. The maximum Gasteiger partial charge on any atom is 0.372 e. The third-order valence-corrected chi connectivity index (χ3v) is 2.02. The van der Waals surface area contributed by atoms with Gasteiger partial charge in [0.25, 0.3) is 0 Å². The Hall–Kier alpha value is -1.10. The van der Waals surface area contributed by atoms with E-state index in [0.29, 0.717) is 0 Å². The van der Waals surface area contributed by atoms with E-state index in [0.717, 1.165) is 19.4 Å². The zero-order valence-electron chi connectivity index (χ0n) is 8.41. The summed E-state index contributed by atoms with van der Waals surface area (Å²) >= 11 is 0. The summed E-state index contributed by atoms with van der Waals surface area (Å²) in [6.07, 6.45) is 1.68. The Labute approximate surface area is 82.7 Å². The average Bonchev–Trinajstić information content (AvgIpc) is 2.66. The van der Waals surface area contributed by atoms with Crippen LogP contribution in [-0.4, -0.2) is 24.5 Å². The summed E-state index contributed by atoms with van der Waals surface area (Å²) in [6, 6.07) is -0.324. The van der Waals surface area contributed by atoms with Gasteiger partial charge in [0.15, 0.2) is 0 Å². The van der Waals surface area contributed by atoms with Crippen LogP contribution in [0, 0.1) is 5.92 Å². The van der Waals surface area contributed by atoms with E-state index < -0.39 is 11.9 Å². The smallest absolute Gasteiger partial charge is 0.304 e. The highest BCUT2D eigenvalue weighted by atomic mass is 17.2. The molecule has 14 heavy (non-hydrogen) atoms. The van der Waals surface area contributed by atoms with Crippen molar-refractivity contribution in [2.75, 3.05) is 6.54 Å². The summed E-state index contributed by atoms with van der Waals surface area (Å²) in [5.74, 6) is -1.34. The van der Waals surface area contributed by atoms with Crippen molar-refractivity contribution in [2.24, 2.45) is 5.92 Å². The monoisotopic (exact) mass is 201 g/mol. The van der Waals surface area contributed by atoms with Crippen molar-refractivity contribution in [2.45, 2.75) is 32.7 Å². The first-order valence-electron chi connectivity index (χ1n) is 4.77. The van der Waals surface area contributed by atoms with E-state index in [9.17, 15) is 9.59 Å². The highest BCUT2D eigenvalue weighted by Crippen LogP contribution is 2.07. The van der Waals surface area contributed by atoms with Crippen molar-refractivity contribution >= 4 is 11.9 Å². The minimum absolute atomic E-state index is 0.292. The predicted molar refractivity (Wildman–Crippen MR) is 48.0 cm³/mol. The zero-order valence-corrected chi connectivity index (χ0v) is 8.41. The normalized spacial score (nSPS) is 20.9. The molecule has 1 aliphatic rings. The van der Waals surface area contributed by atoms with Crippen LogP contribution in [-0.2, 0) is 19.4 Å². The van der Waals surface area contributed by atoms with E-state index in [-0.39, 0.29) is 12.0 Å². The molecular formula is C9H15NO4. The molecule has 0 aromatic rings. The van der Waals surface area contributed by atoms with Crippen molar-refractivity contribution in [3.05, 3.63) is 0 Å². The SMILES string of the molecule is CC(C)C(=O)OOC(=O)C1CCCN1. The highest BCUT2D eigenvalue weighted by molar-refractivity contribution is 5.77. The number of hydrogen-bond acceptors (Lipinski definition) is 5. The van der Waals surface area contributed by atoms with E-state index in [1.165, 1.54) is 0 Å². The van der Waals surface area contributed by atoms with E-state index >= 15 is 0 Å². The second kappa shape index (κ2) is 4.95. The Bertz CT molecular complexity index is 221. The fourth-order valence-electron chi connectivity index (χ4n) is 1.12. The Morgan fingerprint density at radius 1 is 1.36 bits per heavy atom. The van der Waals surface area contributed by atoms with Crippen LogP contribution < -0.4 is 5.32 Å². The Morgan fingerprint density at radius 3 is 2.57 bits per heavy atom. The molecule has 0 amide bonds. The molecule has 1 saturated heterocycles. The number of carbonyl (C=O) groups is 2. The first-order chi connectivity index (χ1) is 6.61. The van der Waals surface area contributed by atoms with Gasteiger partial charge in [-0.25, -0.2) is 19.4 Å². The number of nitrogens with one attached hydrogen (secondary N) is 1. The van der Waals surface area contributed by atoms with Crippen LogP contribution in [0.3, 0.4) is 0 Å². The summed E-state index contributed by atoms with van der Waals surface area (Å²) in [5.41, 5.74) is 0. The quantitative estimate of drug-likeness (QED) is 0.517. The summed E-state index contributed by atoms with van der Waals surface area (Å²) in [5, 5.41) is 2.94. The van der Waals surface area contributed by atoms with Crippen LogP contribution in [0.2, 0.25) is 0 Å². The molecule has 1 aliphatic heterocycles. The molecule has 0 aliphatic carbocycles. The second-order valence-electron chi connectivity index (χ2n) is 3.61. The van der Waals surface area contributed by atoms with Gasteiger partial charge in [0.1, 0.15) is 6.04 Å². The van der Waals surface area contributed by atoms with Crippen LogP contribution in [0.1, 0.15) is 26.7 Å². The lowest BCUT2D eigenvalue weighted by molar-refractivity contribution is -0.262. The van der Waals surface area contributed by atoms with E-state index in [1.54, 1.807) is 13.8 Å². The molecule has 0 radical (unpaired) electrons. The molecule has 0 bridgehead atoms. The van der Waals surface area contributed by atoms with Crippen molar-refractivity contribution in [3.63, 3.8) is 0 Å². The third kappa shape index (κ3) is 2.99. The largest absolute Gasteiger partial charge is 0.372 e. The van der Waals surface area contributed by atoms with Gasteiger partial charge < -0.3 is 5.32 Å². The molecule has 0 aromatic carbocycles. The maximum absolute atomic E-state index is 11.2. The standard InChI is InChI=1S/C9H15NO4/c1-6(2)8(11)13-14-9(12)7-4-3-5-10-7/h6-7,10H,3-5H2,1-2H3. The molecule has 0 saturated carbocycles. The van der Waals surface area contributed by atoms with Gasteiger partial charge in [-0.2, -0.15) is 0 Å². The van der Waals surface area contributed by atoms with E-state index in [2.05, 4.69) is 15.1 Å². The van der Waals surface area contributed by atoms with Gasteiger partial charge in [-0.05, 0) is 19.4 Å². The molecule has 1 rings (SSSR count). The molecule has 0 aromatic heterocycles. The van der Waals surface area contributed by atoms with Gasteiger partial charge in [-0.3, -0.25) is 0 Å². The summed E-state index contributed by atoms with van der Waals surface area (Å²) < 4.78 is 0. The van der Waals surface area contributed by atoms with Gasteiger partial charge in [0.2, 0.25) is 0 Å². The molecule has 5 heteroatoms.